The van der Waals surface area contributed by atoms with Crippen molar-refractivity contribution in [3.63, 3.8) is 0 Å². The minimum absolute atomic E-state index is 0.570. The highest BCUT2D eigenvalue weighted by Crippen LogP contribution is 2.48. The maximum Gasteiger partial charge on any atom is 0.0169 e. The number of piperazine rings is 1. The van der Waals surface area contributed by atoms with E-state index < -0.39 is 0 Å². The second kappa shape index (κ2) is 6.19. The molecule has 3 heteroatoms. The number of hydrogen-bond acceptors (Lipinski definition) is 3. The molecule has 2 N–H and O–H groups in total. The Morgan fingerprint density at radius 3 is 2.48 bits per heavy atom. The molecule has 2 aliphatic carbocycles. The minimum atomic E-state index is 0.570. The summed E-state index contributed by atoms with van der Waals surface area (Å²) in [4.78, 5) is 2.70. The lowest BCUT2D eigenvalue weighted by Crippen LogP contribution is -2.55. The number of benzene rings is 1. The lowest BCUT2D eigenvalue weighted by molar-refractivity contribution is 0.142. The van der Waals surface area contributed by atoms with Crippen molar-refractivity contribution in [2.24, 2.45) is 5.41 Å². The van der Waals surface area contributed by atoms with Gasteiger partial charge in [0.15, 0.2) is 0 Å². The van der Waals surface area contributed by atoms with Gasteiger partial charge in [-0.05, 0) is 44.1 Å². The summed E-state index contributed by atoms with van der Waals surface area (Å²) >= 11 is 0. The van der Waals surface area contributed by atoms with Crippen LogP contribution in [0.3, 0.4) is 0 Å². The standard InChI is InChI=1S/C20H31N3/c1-15-11-23(12-16(2)22-15)14-20(8-9-20)13-21-19-10-18(19)17-6-4-3-5-7-17/h3-7,15-16,18-19,21-22H,8-14H2,1-2H3/t15-,16+,18-,19+/m1/s1. The fourth-order valence-corrected chi connectivity index (χ4v) is 4.45. The van der Waals surface area contributed by atoms with Crippen LogP contribution in [0.15, 0.2) is 30.3 Å². The van der Waals surface area contributed by atoms with Crippen molar-refractivity contribution in [3.05, 3.63) is 35.9 Å². The first kappa shape index (κ1) is 15.6. The van der Waals surface area contributed by atoms with Crippen LogP contribution < -0.4 is 10.6 Å². The van der Waals surface area contributed by atoms with Crippen molar-refractivity contribution < 1.29 is 0 Å². The lowest BCUT2D eigenvalue weighted by Gasteiger charge is -2.38. The van der Waals surface area contributed by atoms with Crippen LogP contribution in [0.4, 0.5) is 0 Å². The Morgan fingerprint density at radius 1 is 1.13 bits per heavy atom. The molecule has 1 saturated heterocycles. The highest BCUT2D eigenvalue weighted by Gasteiger charge is 2.46. The predicted octanol–water partition coefficient (Wildman–Crippen LogP) is 2.59. The first-order valence-electron chi connectivity index (χ1n) is 9.40. The van der Waals surface area contributed by atoms with Crippen LogP contribution in [-0.4, -0.2) is 49.2 Å². The fraction of sp³-hybridized carbons (Fsp3) is 0.700. The minimum Gasteiger partial charge on any atom is -0.313 e. The molecule has 0 spiro atoms. The average Bonchev–Trinajstić information content (AvgIpc) is 3.41. The topological polar surface area (TPSA) is 27.3 Å². The smallest absolute Gasteiger partial charge is 0.0169 e. The summed E-state index contributed by atoms with van der Waals surface area (Å²) < 4.78 is 0. The molecule has 1 aromatic carbocycles. The molecule has 4 rings (SSSR count). The molecule has 23 heavy (non-hydrogen) atoms. The van der Waals surface area contributed by atoms with Gasteiger partial charge in [-0.2, -0.15) is 0 Å². The van der Waals surface area contributed by atoms with Gasteiger partial charge in [-0.1, -0.05) is 30.3 Å². The van der Waals surface area contributed by atoms with E-state index in [1.165, 1.54) is 51.0 Å². The van der Waals surface area contributed by atoms with Gasteiger partial charge in [0.05, 0.1) is 0 Å². The zero-order chi connectivity index (χ0) is 15.9. The van der Waals surface area contributed by atoms with Crippen LogP contribution in [0.2, 0.25) is 0 Å². The SMILES string of the molecule is C[C@@H]1CN(CC2(CN[C@H]3C[C@@H]3c3ccccc3)CC2)C[C@H](C)N1. The molecule has 0 unspecified atom stereocenters. The zero-order valence-electron chi connectivity index (χ0n) is 14.6. The molecule has 3 nitrogen and oxygen atoms in total. The number of rotatable bonds is 6. The van der Waals surface area contributed by atoms with E-state index in [0.29, 0.717) is 17.5 Å². The van der Waals surface area contributed by atoms with E-state index in [-0.39, 0.29) is 0 Å². The van der Waals surface area contributed by atoms with E-state index >= 15 is 0 Å². The fourth-order valence-electron chi connectivity index (χ4n) is 4.45. The Morgan fingerprint density at radius 2 is 1.83 bits per heavy atom. The molecular formula is C20H31N3. The summed E-state index contributed by atoms with van der Waals surface area (Å²) in [6, 6.07) is 13.0. The van der Waals surface area contributed by atoms with Crippen molar-refractivity contribution in [2.75, 3.05) is 26.2 Å². The first-order valence-corrected chi connectivity index (χ1v) is 9.40. The molecular weight excluding hydrogens is 282 g/mol. The van der Waals surface area contributed by atoms with Crippen molar-refractivity contribution in [3.8, 4) is 0 Å². The summed E-state index contributed by atoms with van der Waals surface area (Å²) in [5.41, 5.74) is 2.08. The highest BCUT2D eigenvalue weighted by molar-refractivity contribution is 5.27. The van der Waals surface area contributed by atoms with Crippen molar-refractivity contribution in [1.29, 1.82) is 0 Å². The quantitative estimate of drug-likeness (QED) is 0.845. The van der Waals surface area contributed by atoms with Gasteiger partial charge in [-0.15, -0.1) is 0 Å². The Bertz CT molecular complexity index is 515. The van der Waals surface area contributed by atoms with E-state index in [1.54, 1.807) is 0 Å². The summed E-state index contributed by atoms with van der Waals surface area (Å²) in [6.45, 7) is 9.56. The number of nitrogens with one attached hydrogen (secondary N) is 2. The molecule has 4 atom stereocenters. The molecule has 1 aromatic rings. The second-order valence-corrected chi connectivity index (χ2v) is 8.40. The average molecular weight is 313 g/mol. The molecule has 3 fully saturated rings. The maximum absolute atomic E-state index is 3.88. The van der Waals surface area contributed by atoms with Gasteiger partial charge in [0.1, 0.15) is 0 Å². The van der Waals surface area contributed by atoms with E-state index in [4.69, 9.17) is 0 Å². The lowest BCUT2D eigenvalue weighted by atomic mass is 10.0. The largest absolute Gasteiger partial charge is 0.313 e. The molecule has 3 aliphatic rings. The molecule has 1 aliphatic heterocycles. The summed E-state index contributed by atoms with van der Waals surface area (Å²) in [5.74, 6) is 0.756. The predicted molar refractivity (Wildman–Crippen MR) is 95.8 cm³/mol. The first-order chi connectivity index (χ1) is 11.1. The Balaban J connectivity index is 1.25. The zero-order valence-corrected chi connectivity index (χ0v) is 14.6. The Kier molecular flexibility index (Phi) is 4.21. The summed E-state index contributed by atoms with van der Waals surface area (Å²) in [7, 11) is 0. The third-order valence-electron chi connectivity index (χ3n) is 5.91. The molecule has 2 saturated carbocycles. The van der Waals surface area contributed by atoms with Crippen molar-refractivity contribution in [2.45, 2.75) is 57.2 Å². The molecule has 1 heterocycles. The van der Waals surface area contributed by atoms with E-state index in [0.717, 1.165) is 12.0 Å². The normalized spacial score (nSPS) is 35.9. The molecule has 0 bridgehead atoms. The summed E-state index contributed by atoms with van der Waals surface area (Å²) in [6.07, 6.45) is 4.15. The van der Waals surface area contributed by atoms with Crippen LogP contribution in [0, 0.1) is 5.41 Å². The second-order valence-electron chi connectivity index (χ2n) is 8.40. The third kappa shape index (κ3) is 3.78. The van der Waals surface area contributed by atoms with E-state index in [1.807, 2.05) is 0 Å². The molecule has 0 aromatic heterocycles. The van der Waals surface area contributed by atoms with Gasteiger partial charge in [0.25, 0.3) is 0 Å². The van der Waals surface area contributed by atoms with Crippen molar-refractivity contribution in [1.82, 2.24) is 15.5 Å². The number of nitrogens with zero attached hydrogens (tertiary/aromatic N) is 1. The molecule has 126 valence electrons. The van der Waals surface area contributed by atoms with Gasteiger partial charge in [0.2, 0.25) is 0 Å². The molecule has 0 amide bonds. The van der Waals surface area contributed by atoms with Crippen LogP contribution in [0.1, 0.15) is 44.6 Å². The highest BCUT2D eigenvalue weighted by atomic mass is 15.2. The van der Waals surface area contributed by atoms with Crippen LogP contribution in [0.5, 0.6) is 0 Å². The van der Waals surface area contributed by atoms with Crippen LogP contribution in [0.25, 0.3) is 0 Å². The van der Waals surface area contributed by atoms with Crippen LogP contribution in [-0.2, 0) is 0 Å². The number of hydrogen-bond donors (Lipinski definition) is 2. The Hall–Kier alpha value is -0.900. The Labute approximate surface area is 140 Å². The maximum atomic E-state index is 3.88. The van der Waals surface area contributed by atoms with Gasteiger partial charge in [-0.3, -0.25) is 4.90 Å². The van der Waals surface area contributed by atoms with E-state index in [2.05, 4.69) is 59.7 Å². The monoisotopic (exact) mass is 313 g/mol. The van der Waals surface area contributed by atoms with Crippen LogP contribution >= 0.6 is 0 Å². The van der Waals surface area contributed by atoms with Crippen molar-refractivity contribution >= 4 is 0 Å². The van der Waals surface area contributed by atoms with Gasteiger partial charge in [-0.25, -0.2) is 0 Å². The van der Waals surface area contributed by atoms with E-state index in [9.17, 15) is 0 Å². The third-order valence-corrected chi connectivity index (χ3v) is 5.91. The van der Waals surface area contributed by atoms with Gasteiger partial charge < -0.3 is 10.6 Å². The molecule has 0 radical (unpaired) electrons. The van der Waals surface area contributed by atoms with Gasteiger partial charge in [0, 0.05) is 50.2 Å². The summed E-state index contributed by atoms with van der Waals surface area (Å²) in [5, 5.41) is 7.52. The van der Waals surface area contributed by atoms with Gasteiger partial charge >= 0.3 is 0 Å².